The monoisotopic (exact) mass is 348 g/mol. The molecule has 0 fully saturated rings. The zero-order valence-electron chi connectivity index (χ0n) is 14.7. The van der Waals surface area contributed by atoms with Crippen LogP contribution in [0, 0.1) is 0 Å². The third-order valence-electron chi connectivity index (χ3n) is 4.86. The van der Waals surface area contributed by atoms with Crippen LogP contribution in [0.5, 0.6) is 0 Å². The van der Waals surface area contributed by atoms with Gasteiger partial charge in [0, 0.05) is 5.30 Å². The molecule has 1 nitrogen and oxygen atoms in total. The summed E-state index contributed by atoms with van der Waals surface area (Å²) in [6.45, 7) is 2.19. The van der Waals surface area contributed by atoms with Gasteiger partial charge in [0.25, 0.3) is 0 Å². The molecule has 25 heavy (non-hydrogen) atoms. The Morgan fingerprint density at radius 3 is 1.60 bits per heavy atom. The van der Waals surface area contributed by atoms with Gasteiger partial charge in [-0.3, -0.25) is 0 Å². The minimum atomic E-state index is -2.09. The molecule has 0 aliphatic carbocycles. The van der Waals surface area contributed by atoms with Crippen LogP contribution in [-0.4, -0.2) is 0 Å². The van der Waals surface area contributed by atoms with E-state index in [0.29, 0.717) is 0 Å². The van der Waals surface area contributed by atoms with Gasteiger partial charge >= 0.3 is 0 Å². The Kier molecular flexibility index (Phi) is 5.89. The molecule has 3 rings (SSSR count). The highest BCUT2D eigenvalue weighted by Gasteiger charge is 2.40. The van der Waals surface area contributed by atoms with Crippen LogP contribution in [-0.2, 0) is 9.72 Å². The van der Waals surface area contributed by atoms with Gasteiger partial charge in [0.1, 0.15) is 7.80 Å². The number of benzene rings is 3. The van der Waals surface area contributed by atoms with E-state index in [1.54, 1.807) is 0 Å². The summed E-state index contributed by atoms with van der Waals surface area (Å²) in [7, 11) is -2.09. The van der Waals surface area contributed by atoms with E-state index in [1.165, 1.54) is 0 Å². The highest BCUT2D eigenvalue weighted by atomic mass is 31.1. The van der Waals surface area contributed by atoms with Crippen molar-refractivity contribution in [3.63, 3.8) is 0 Å². The highest BCUT2D eigenvalue weighted by molar-refractivity contribution is 7.55. The average molecular weight is 348 g/mol. The third-order valence-corrected chi connectivity index (χ3v) is 7.32. The van der Waals surface area contributed by atoms with E-state index in [4.69, 9.17) is 0 Å². The van der Waals surface area contributed by atoms with E-state index < -0.39 is 13.0 Å². The van der Waals surface area contributed by atoms with Gasteiger partial charge in [0.05, 0.1) is 5.16 Å². The predicted octanol–water partition coefficient (Wildman–Crippen LogP) is 6.01. The first-order chi connectivity index (χ1) is 12.3. The molecule has 0 aliphatic rings. The Balaban J connectivity index is 2.23. The zero-order chi connectivity index (χ0) is 17.5. The van der Waals surface area contributed by atoms with Gasteiger partial charge in [-0.25, -0.2) is 0 Å². The molecule has 128 valence electrons. The molecule has 2 heteroatoms. The average Bonchev–Trinajstić information content (AvgIpc) is 2.71. The Bertz CT molecular complexity index is 758. The maximum absolute atomic E-state index is 14.0. The van der Waals surface area contributed by atoms with Gasteiger partial charge in [0.15, 0.2) is 0 Å². The molecule has 0 heterocycles. The summed E-state index contributed by atoms with van der Waals surface area (Å²) in [5, 5.41) is 0.501. The summed E-state index contributed by atoms with van der Waals surface area (Å²) in [6.07, 6.45) is 3.03. The third kappa shape index (κ3) is 3.62. The van der Waals surface area contributed by atoms with Gasteiger partial charge in [-0.1, -0.05) is 111 Å². The topological polar surface area (TPSA) is 17.1 Å². The quantitative estimate of drug-likeness (QED) is 0.478. The summed E-state index contributed by atoms with van der Waals surface area (Å²) in [5.74, 6) is 0. The molecule has 0 saturated heterocycles. The molecule has 0 aliphatic heterocycles. The molecule has 0 saturated carbocycles. The lowest BCUT2D eigenvalue weighted by atomic mass is 9.86. The summed E-state index contributed by atoms with van der Waals surface area (Å²) in [5.41, 5.74) is 2.31. The minimum Gasteiger partial charge on any atom is -0.321 e. The van der Waals surface area contributed by atoms with Crippen LogP contribution in [0.3, 0.4) is 0 Å². The van der Waals surface area contributed by atoms with Crippen LogP contribution in [0.4, 0.5) is 0 Å². The largest absolute Gasteiger partial charge is 0.321 e. The van der Waals surface area contributed by atoms with Crippen molar-refractivity contribution in [2.75, 3.05) is 0 Å². The molecule has 1 unspecified atom stereocenters. The number of rotatable bonds is 7. The van der Waals surface area contributed by atoms with Crippen molar-refractivity contribution in [2.45, 2.75) is 31.3 Å². The number of unbranched alkanes of at least 4 members (excludes halogenated alkanes) is 1. The number of hydrogen-bond donors (Lipinski definition) is 0. The molecule has 0 spiro atoms. The van der Waals surface area contributed by atoms with Gasteiger partial charge in [-0.15, -0.1) is 0 Å². The smallest absolute Gasteiger partial charge is 0.118 e. The zero-order valence-corrected chi connectivity index (χ0v) is 15.7. The first kappa shape index (κ1) is 17.7. The van der Waals surface area contributed by atoms with Crippen LogP contribution in [0.2, 0.25) is 0 Å². The van der Waals surface area contributed by atoms with Crippen LogP contribution in [0.1, 0.15) is 37.3 Å². The molecule has 0 bridgehead atoms. The Morgan fingerprint density at radius 1 is 0.720 bits per heavy atom. The van der Waals surface area contributed by atoms with Crippen molar-refractivity contribution in [3.8, 4) is 0 Å². The van der Waals surface area contributed by atoms with Crippen LogP contribution >= 0.6 is 7.80 Å². The first-order valence-electron chi connectivity index (χ1n) is 9.00. The van der Waals surface area contributed by atoms with Crippen molar-refractivity contribution < 1.29 is 4.57 Å². The number of hydrogen-bond acceptors (Lipinski definition) is 1. The summed E-state index contributed by atoms with van der Waals surface area (Å²) in [4.78, 5) is 0. The summed E-state index contributed by atoms with van der Waals surface area (Å²) >= 11 is 0. The van der Waals surface area contributed by atoms with E-state index in [9.17, 15) is 4.57 Å². The van der Waals surface area contributed by atoms with Crippen LogP contribution < -0.4 is 5.30 Å². The molecule has 0 aromatic heterocycles. The lowest BCUT2D eigenvalue weighted by Crippen LogP contribution is -2.27. The van der Waals surface area contributed by atoms with Gasteiger partial charge in [-0.05, 0) is 17.5 Å². The molecule has 0 radical (unpaired) electrons. The fourth-order valence-electron chi connectivity index (χ4n) is 3.55. The lowest BCUT2D eigenvalue weighted by Gasteiger charge is -2.35. The van der Waals surface area contributed by atoms with Crippen molar-refractivity contribution in [1.29, 1.82) is 0 Å². The van der Waals surface area contributed by atoms with Gasteiger partial charge < -0.3 is 4.57 Å². The van der Waals surface area contributed by atoms with E-state index in [1.807, 2.05) is 42.5 Å². The van der Waals surface area contributed by atoms with Crippen molar-refractivity contribution in [3.05, 3.63) is 102 Å². The van der Waals surface area contributed by atoms with E-state index >= 15 is 0 Å². The molecule has 3 aromatic rings. The Labute approximate surface area is 151 Å². The minimum absolute atomic E-state index is 0.454. The van der Waals surface area contributed by atoms with E-state index in [2.05, 4.69) is 55.5 Å². The molecule has 1 atom stereocenters. The predicted molar refractivity (Wildman–Crippen MR) is 108 cm³/mol. The first-order valence-corrected chi connectivity index (χ1v) is 10.4. The highest BCUT2D eigenvalue weighted by Crippen LogP contribution is 2.54. The second kappa shape index (κ2) is 8.32. The maximum Gasteiger partial charge on any atom is 0.118 e. The molecule has 0 N–H and O–H groups in total. The van der Waals surface area contributed by atoms with Crippen molar-refractivity contribution >= 4 is 13.1 Å². The fourth-order valence-corrected chi connectivity index (χ4v) is 5.80. The molecule has 3 aromatic carbocycles. The standard InChI is InChI=1S/C23H25OP/c1-2-3-19-23(20-13-7-4-8-14-20,21-15-9-5-10-16-21)25(24)22-17-11-6-12-18-22/h4-18,25H,2-3,19H2,1H3. The van der Waals surface area contributed by atoms with Crippen LogP contribution in [0.25, 0.3) is 0 Å². The van der Waals surface area contributed by atoms with Crippen LogP contribution in [0.15, 0.2) is 91.0 Å². The molecular weight excluding hydrogens is 323 g/mol. The Hall–Kier alpha value is -2.11. The summed E-state index contributed by atoms with van der Waals surface area (Å²) < 4.78 is 14.0. The maximum atomic E-state index is 14.0. The normalized spacial score (nSPS) is 12.7. The fraction of sp³-hybridized carbons (Fsp3) is 0.217. The summed E-state index contributed by atoms with van der Waals surface area (Å²) in [6, 6.07) is 30.8. The van der Waals surface area contributed by atoms with Gasteiger partial charge in [0.2, 0.25) is 0 Å². The Morgan fingerprint density at radius 2 is 1.16 bits per heavy atom. The van der Waals surface area contributed by atoms with Crippen molar-refractivity contribution in [1.82, 2.24) is 0 Å². The molecular formula is C23H25OP. The van der Waals surface area contributed by atoms with E-state index in [0.717, 1.165) is 35.7 Å². The second-order valence-corrected chi connectivity index (χ2v) is 8.53. The molecule has 0 amide bonds. The van der Waals surface area contributed by atoms with E-state index in [-0.39, 0.29) is 0 Å². The van der Waals surface area contributed by atoms with Gasteiger partial charge in [-0.2, -0.15) is 0 Å². The second-order valence-electron chi connectivity index (χ2n) is 6.44. The SMILES string of the molecule is CCCCC(c1ccccc1)(c1ccccc1)[PH](=O)c1ccccc1. The lowest BCUT2D eigenvalue weighted by molar-refractivity contribution is 0.539. The van der Waals surface area contributed by atoms with Crippen molar-refractivity contribution in [2.24, 2.45) is 0 Å².